The highest BCUT2D eigenvalue weighted by Crippen LogP contribution is 2.54. The number of imidazole rings is 1. The number of hydrogen-bond donors (Lipinski definition) is 1. The lowest BCUT2D eigenvalue weighted by Crippen LogP contribution is -2.21. The van der Waals surface area contributed by atoms with Crippen molar-refractivity contribution in [2.45, 2.75) is 37.9 Å². The van der Waals surface area contributed by atoms with Gasteiger partial charge in [0.15, 0.2) is 0 Å². The smallest absolute Gasteiger partial charge is 0.399 e. The molecule has 1 aromatic heterocycles. The van der Waals surface area contributed by atoms with Crippen LogP contribution in [0.4, 0.5) is 18.9 Å². The number of nitrogen functional groups attached to an aromatic ring is 1. The van der Waals surface area contributed by atoms with Crippen molar-refractivity contribution in [3.8, 4) is 0 Å². The first-order valence-electron chi connectivity index (χ1n) is 7.30. The van der Waals surface area contributed by atoms with Crippen molar-refractivity contribution >= 4 is 16.7 Å². The zero-order valence-electron chi connectivity index (χ0n) is 11.4. The molecule has 6 heteroatoms. The number of benzene rings is 1. The van der Waals surface area contributed by atoms with Crippen LogP contribution in [0.25, 0.3) is 11.0 Å². The van der Waals surface area contributed by atoms with Gasteiger partial charge in [-0.15, -0.1) is 0 Å². The van der Waals surface area contributed by atoms with Crippen LogP contribution in [-0.4, -0.2) is 9.55 Å². The Hall–Kier alpha value is -1.72. The Kier molecular flexibility index (Phi) is 2.56. The molecule has 2 aliphatic rings. The lowest BCUT2D eigenvalue weighted by Gasteiger charge is -2.22. The van der Waals surface area contributed by atoms with E-state index in [1.807, 2.05) is 0 Å². The second-order valence-corrected chi connectivity index (χ2v) is 6.22. The Morgan fingerprint density at radius 1 is 1.14 bits per heavy atom. The maximum atomic E-state index is 13.4. The number of nitrogens with two attached hydrogens (primary N) is 1. The SMILES string of the molecule is Nc1ccc2c(c1)nc(C(F)(F)F)n2C(C1CC1)C1CC1. The largest absolute Gasteiger partial charge is 0.449 e. The van der Waals surface area contributed by atoms with Crippen molar-refractivity contribution in [1.82, 2.24) is 9.55 Å². The van der Waals surface area contributed by atoms with Crippen LogP contribution in [0.1, 0.15) is 37.5 Å². The summed E-state index contributed by atoms with van der Waals surface area (Å²) in [6, 6.07) is 4.79. The first kappa shape index (κ1) is 13.0. The molecule has 1 aromatic carbocycles. The summed E-state index contributed by atoms with van der Waals surface area (Å²) < 4.78 is 41.7. The topological polar surface area (TPSA) is 43.8 Å². The quantitative estimate of drug-likeness (QED) is 0.870. The summed E-state index contributed by atoms with van der Waals surface area (Å²) in [6.45, 7) is 0. The highest BCUT2D eigenvalue weighted by molar-refractivity contribution is 5.80. The van der Waals surface area contributed by atoms with Gasteiger partial charge in [-0.2, -0.15) is 13.2 Å². The average Bonchev–Trinajstić information content (AvgIpc) is 3.27. The molecule has 4 rings (SSSR count). The van der Waals surface area contributed by atoms with Crippen LogP contribution >= 0.6 is 0 Å². The van der Waals surface area contributed by atoms with E-state index in [9.17, 15) is 13.2 Å². The number of halogens is 3. The van der Waals surface area contributed by atoms with E-state index in [4.69, 9.17) is 5.73 Å². The molecule has 2 aromatic rings. The van der Waals surface area contributed by atoms with Crippen LogP contribution in [0.2, 0.25) is 0 Å². The van der Waals surface area contributed by atoms with Crippen molar-refractivity contribution < 1.29 is 13.2 Å². The van der Waals surface area contributed by atoms with Crippen molar-refractivity contribution in [3.05, 3.63) is 24.0 Å². The standard InChI is InChI=1S/C15H16F3N3/c16-15(17,18)14-20-11-7-10(19)5-6-12(11)21(14)13(8-1-2-8)9-3-4-9/h5-9,13H,1-4,19H2. The Morgan fingerprint density at radius 3 is 2.29 bits per heavy atom. The molecule has 2 saturated carbocycles. The van der Waals surface area contributed by atoms with E-state index in [0.29, 0.717) is 28.6 Å². The Morgan fingerprint density at radius 2 is 1.76 bits per heavy atom. The van der Waals surface area contributed by atoms with E-state index < -0.39 is 12.0 Å². The van der Waals surface area contributed by atoms with Gasteiger partial charge in [-0.05, 0) is 55.7 Å². The molecule has 1 heterocycles. The molecule has 2 aliphatic carbocycles. The minimum atomic E-state index is -4.43. The van der Waals surface area contributed by atoms with Crippen molar-refractivity contribution in [2.75, 3.05) is 5.73 Å². The highest BCUT2D eigenvalue weighted by Gasteiger charge is 2.47. The van der Waals surface area contributed by atoms with Crippen LogP contribution in [0.3, 0.4) is 0 Å². The van der Waals surface area contributed by atoms with E-state index in [1.54, 1.807) is 12.1 Å². The van der Waals surface area contributed by atoms with E-state index >= 15 is 0 Å². The minimum Gasteiger partial charge on any atom is -0.399 e. The number of anilines is 1. The third kappa shape index (κ3) is 2.17. The predicted octanol–water partition coefficient (Wildman–Crippen LogP) is 4.00. The fraction of sp³-hybridized carbons (Fsp3) is 0.533. The molecular weight excluding hydrogens is 279 g/mol. The van der Waals surface area contributed by atoms with E-state index in [1.165, 1.54) is 10.6 Å². The molecule has 2 fully saturated rings. The number of aromatic nitrogens is 2. The van der Waals surface area contributed by atoms with Gasteiger partial charge in [0, 0.05) is 11.7 Å². The third-order valence-electron chi connectivity index (χ3n) is 4.48. The van der Waals surface area contributed by atoms with Crippen LogP contribution in [-0.2, 0) is 6.18 Å². The van der Waals surface area contributed by atoms with Gasteiger partial charge in [-0.1, -0.05) is 0 Å². The molecule has 0 aliphatic heterocycles. The van der Waals surface area contributed by atoms with Crippen LogP contribution in [0.15, 0.2) is 18.2 Å². The van der Waals surface area contributed by atoms with Gasteiger partial charge in [0.1, 0.15) is 0 Å². The van der Waals surface area contributed by atoms with Crippen molar-refractivity contribution in [3.63, 3.8) is 0 Å². The first-order valence-corrected chi connectivity index (χ1v) is 7.30. The van der Waals surface area contributed by atoms with E-state index in [2.05, 4.69) is 4.98 Å². The molecule has 0 bridgehead atoms. The van der Waals surface area contributed by atoms with Gasteiger partial charge in [-0.3, -0.25) is 0 Å². The molecule has 0 spiro atoms. The number of alkyl halides is 3. The Bertz CT molecular complexity index is 684. The summed E-state index contributed by atoms with van der Waals surface area (Å²) in [7, 11) is 0. The molecule has 0 unspecified atom stereocenters. The second kappa shape index (κ2) is 4.15. The maximum absolute atomic E-state index is 13.4. The van der Waals surface area contributed by atoms with Crippen molar-refractivity contribution in [2.24, 2.45) is 11.8 Å². The Balaban J connectivity index is 1.95. The summed E-state index contributed by atoms with van der Waals surface area (Å²) in [5.74, 6) is -0.0333. The summed E-state index contributed by atoms with van der Waals surface area (Å²) in [6.07, 6.45) is -0.351. The zero-order chi connectivity index (χ0) is 14.8. The lowest BCUT2D eigenvalue weighted by atomic mass is 10.1. The molecule has 21 heavy (non-hydrogen) atoms. The van der Waals surface area contributed by atoms with Gasteiger partial charge in [0.25, 0.3) is 0 Å². The van der Waals surface area contributed by atoms with Gasteiger partial charge in [0.2, 0.25) is 5.82 Å². The second-order valence-electron chi connectivity index (χ2n) is 6.22. The van der Waals surface area contributed by atoms with Crippen LogP contribution < -0.4 is 5.73 Å². The number of rotatable bonds is 3. The molecular formula is C15H16F3N3. The van der Waals surface area contributed by atoms with E-state index in [0.717, 1.165) is 25.7 Å². The predicted molar refractivity (Wildman–Crippen MR) is 73.6 cm³/mol. The third-order valence-corrected chi connectivity index (χ3v) is 4.48. The minimum absolute atomic E-state index is 0.0600. The normalized spacial score (nSPS) is 19.6. The molecule has 0 saturated heterocycles. The molecule has 0 atom stereocenters. The maximum Gasteiger partial charge on any atom is 0.449 e. The summed E-state index contributed by atoms with van der Waals surface area (Å²) >= 11 is 0. The summed E-state index contributed by atoms with van der Waals surface area (Å²) in [5, 5.41) is 0. The summed E-state index contributed by atoms with van der Waals surface area (Å²) in [4.78, 5) is 3.84. The van der Waals surface area contributed by atoms with Crippen LogP contribution in [0.5, 0.6) is 0 Å². The molecule has 2 N–H and O–H groups in total. The van der Waals surface area contributed by atoms with Crippen LogP contribution in [0, 0.1) is 11.8 Å². The molecule has 0 amide bonds. The molecule has 0 radical (unpaired) electrons. The van der Waals surface area contributed by atoms with Crippen molar-refractivity contribution in [1.29, 1.82) is 0 Å². The average molecular weight is 295 g/mol. The first-order chi connectivity index (χ1) is 9.95. The molecule has 3 nitrogen and oxygen atoms in total. The van der Waals surface area contributed by atoms with E-state index in [-0.39, 0.29) is 6.04 Å². The fourth-order valence-corrected chi connectivity index (χ4v) is 3.30. The van der Waals surface area contributed by atoms with Gasteiger partial charge < -0.3 is 10.3 Å². The summed E-state index contributed by atoms with van der Waals surface area (Å²) in [5.41, 5.74) is 7.02. The molecule has 112 valence electrons. The van der Waals surface area contributed by atoms with Gasteiger partial charge >= 0.3 is 6.18 Å². The van der Waals surface area contributed by atoms with Gasteiger partial charge in [0.05, 0.1) is 11.0 Å². The lowest BCUT2D eigenvalue weighted by molar-refractivity contribution is -0.147. The zero-order valence-corrected chi connectivity index (χ0v) is 11.4. The fourth-order valence-electron chi connectivity index (χ4n) is 3.30. The van der Waals surface area contributed by atoms with Gasteiger partial charge in [-0.25, -0.2) is 4.98 Å². The monoisotopic (exact) mass is 295 g/mol. The Labute approximate surface area is 119 Å². The number of hydrogen-bond acceptors (Lipinski definition) is 2. The number of fused-ring (bicyclic) bond motifs is 1. The highest BCUT2D eigenvalue weighted by atomic mass is 19.4. The number of nitrogens with zero attached hydrogens (tertiary/aromatic N) is 2.